The summed E-state index contributed by atoms with van der Waals surface area (Å²) in [6.07, 6.45) is 3.47. The van der Waals surface area contributed by atoms with Crippen molar-refractivity contribution in [1.82, 2.24) is 9.97 Å². The normalized spacial score (nSPS) is 12.2. The Bertz CT molecular complexity index is 545. The van der Waals surface area contributed by atoms with E-state index in [1.54, 1.807) is 18.5 Å². The lowest BCUT2D eigenvalue weighted by atomic mass is 10.1. The maximum atomic E-state index is 6.06. The van der Waals surface area contributed by atoms with E-state index in [4.69, 9.17) is 28.9 Å². The molecule has 2 aromatic heterocycles. The van der Waals surface area contributed by atoms with Crippen LogP contribution in [0.2, 0.25) is 10.0 Å². The second-order valence-electron chi connectivity index (χ2n) is 3.83. The molecule has 2 heterocycles. The van der Waals surface area contributed by atoms with Crippen molar-refractivity contribution >= 4 is 34.8 Å². The minimum absolute atomic E-state index is 0.0403. The summed E-state index contributed by atoms with van der Waals surface area (Å²) in [4.78, 5) is 8.10. The maximum absolute atomic E-state index is 6.06. The molecule has 0 amide bonds. The predicted octanol–water partition coefficient (Wildman–Crippen LogP) is 3.54. The number of hydrogen-bond donors (Lipinski definition) is 2. The van der Waals surface area contributed by atoms with Gasteiger partial charge in [-0.15, -0.1) is 0 Å². The van der Waals surface area contributed by atoms with Crippen LogP contribution >= 0.6 is 23.2 Å². The third kappa shape index (κ3) is 2.83. The maximum Gasteiger partial charge on any atom is 0.147 e. The SMILES string of the molecule is CC(Nc1nc(N)c(Cl)cc1Cl)c1ccncc1. The summed E-state index contributed by atoms with van der Waals surface area (Å²) in [6, 6.07) is 5.46. The van der Waals surface area contributed by atoms with Gasteiger partial charge in [0.05, 0.1) is 16.1 Å². The number of anilines is 2. The van der Waals surface area contributed by atoms with Crippen LogP contribution in [-0.4, -0.2) is 9.97 Å². The summed E-state index contributed by atoms with van der Waals surface area (Å²) in [7, 11) is 0. The Morgan fingerprint density at radius 1 is 1.22 bits per heavy atom. The van der Waals surface area contributed by atoms with Gasteiger partial charge in [-0.25, -0.2) is 4.98 Å². The summed E-state index contributed by atoms with van der Waals surface area (Å²) in [5.41, 5.74) is 6.73. The second-order valence-corrected chi connectivity index (χ2v) is 4.65. The van der Waals surface area contributed by atoms with Gasteiger partial charge in [0.2, 0.25) is 0 Å². The zero-order valence-electron chi connectivity index (χ0n) is 9.69. The number of aromatic nitrogens is 2. The second kappa shape index (κ2) is 5.42. The molecule has 0 aromatic carbocycles. The first-order valence-corrected chi connectivity index (χ1v) is 6.11. The van der Waals surface area contributed by atoms with Gasteiger partial charge in [-0.1, -0.05) is 23.2 Å². The van der Waals surface area contributed by atoms with Gasteiger partial charge in [-0.2, -0.15) is 0 Å². The number of nitrogen functional groups attached to an aromatic ring is 1. The molecule has 0 saturated heterocycles. The van der Waals surface area contributed by atoms with Crippen LogP contribution in [0.25, 0.3) is 0 Å². The smallest absolute Gasteiger partial charge is 0.147 e. The number of hydrogen-bond acceptors (Lipinski definition) is 4. The fraction of sp³-hybridized carbons (Fsp3) is 0.167. The van der Waals surface area contributed by atoms with Gasteiger partial charge in [-0.05, 0) is 30.7 Å². The molecule has 0 aliphatic rings. The zero-order chi connectivity index (χ0) is 13.1. The van der Waals surface area contributed by atoms with Gasteiger partial charge >= 0.3 is 0 Å². The fourth-order valence-electron chi connectivity index (χ4n) is 1.52. The van der Waals surface area contributed by atoms with Crippen molar-refractivity contribution in [2.75, 3.05) is 11.1 Å². The van der Waals surface area contributed by atoms with Crippen LogP contribution in [0.15, 0.2) is 30.6 Å². The van der Waals surface area contributed by atoms with Crippen molar-refractivity contribution in [1.29, 1.82) is 0 Å². The van der Waals surface area contributed by atoms with Gasteiger partial charge in [0.15, 0.2) is 0 Å². The van der Waals surface area contributed by atoms with Gasteiger partial charge < -0.3 is 11.1 Å². The topological polar surface area (TPSA) is 63.8 Å². The molecule has 1 atom stereocenters. The molecule has 0 saturated carbocycles. The van der Waals surface area contributed by atoms with Crippen molar-refractivity contribution in [3.8, 4) is 0 Å². The molecular formula is C12H12Cl2N4. The number of nitrogens with zero attached hydrogens (tertiary/aromatic N) is 2. The minimum Gasteiger partial charge on any atom is -0.382 e. The van der Waals surface area contributed by atoms with E-state index in [2.05, 4.69) is 15.3 Å². The van der Waals surface area contributed by atoms with Crippen LogP contribution in [0.1, 0.15) is 18.5 Å². The standard InChI is InChI=1S/C12H12Cl2N4/c1-7(8-2-4-16-5-3-8)17-12-10(14)6-9(13)11(15)18-12/h2-7H,1H3,(H3,15,17,18). The van der Waals surface area contributed by atoms with E-state index in [1.165, 1.54) is 0 Å². The molecule has 3 N–H and O–H groups in total. The lowest BCUT2D eigenvalue weighted by Crippen LogP contribution is -2.09. The molecule has 2 aromatic rings. The highest BCUT2D eigenvalue weighted by Gasteiger charge is 2.11. The highest BCUT2D eigenvalue weighted by Crippen LogP contribution is 2.29. The third-order valence-electron chi connectivity index (χ3n) is 2.52. The van der Waals surface area contributed by atoms with Gasteiger partial charge in [-0.3, -0.25) is 4.98 Å². The first kappa shape index (κ1) is 12.9. The Morgan fingerprint density at radius 2 is 1.89 bits per heavy atom. The number of rotatable bonds is 3. The quantitative estimate of drug-likeness (QED) is 0.904. The average molecular weight is 283 g/mol. The predicted molar refractivity (Wildman–Crippen MR) is 74.9 cm³/mol. The van der Waals surface area contributed by atoms with Gasteiger partial charge in [0.25, 0.3) is 0 Å². The zero-order valence-corrected chi connectivity index (χ0v) is 11.2. The van der Waals surface area contributed by atoms with Crippen molar-refractivity contribution in [3.05, 3.63) is 46.2 Å². The van der Waals surface area contributed by atoms with Crippen molar-refractivity contribution in [2.24, 2.45) is 0 Å². The van der Waals surface area contributed by atoms with Crippen LogP contribution < -0.4 is 11.1 Å². The first-order chi connectivity index (χ1) is 8.58. The summed E-state index contributed by atoms with van der Waals surface area (Å²) in [6.45, 7) is 2.00. The Labute approximate surface area is 115 Å². The number of nitrogens with one attached hydrogen (secondary N) is 1. The molecular weight excluding hydrogens is 271 g/mol. The number of pyridine rings is 2. The van der Waals surface area contributed by atoms with Crippen molar-refractivity contribution in [2.45, 2.75) is 13.0 Å². The van der Waals surface area contributed by atoms with Crippen molar-refractivity contribution in [3.63, 3.8) is 0 Å². The summed E-state index contributed by atoms with van der Waals surface area (Å²) in [5.74, 6) is 0.772. The third-order valence-corrected chi connectivity index (χ3v) is 3.11. The van der Waals surface area contributed by atoms with Crippen LogP contribution in [0.4, 0.5) is 11.6 Å². The van der Waals surface area contributed by atoms with Gasteiger partial charge in [0, 0.05) is 12.4 Å². The highest BCUT2D eigenvalue weighted by atomic mass is 35.5. The Kier molecular flexibility index (Phi) is 3.89. The largest absolute Gasteiger partial charge is 0.382 e. The fourth-order valence-corrected chi connectivity index (χ4v) is 1.94. The Morgan fingerprint density at radius 3 is 2.56 bits per heavy atom. The monoisotopic (exact) mass is 282 g/mol. The molecule has 4 nitrogen and oxygen atoms in total. The minimum atomic E-state index is 0.0403. The molecule has 0 spiro atoms. The molecule has 0 bridgehead atoms. The average Bonchev–Trinajstić information content (AvgIpc) is 2.37. The lowest BCUT2D eigenvalue weighted by molar-refractivity contribution is 0.872. The molecule has 2 rings (SSSR count). The van der Waals surface area contributed by atoms with Gasteiger partial charge in [0.1, 0.15) is 11.6 Å². The summed E-state index contributed by atoms with van der Waals surface area (Å²) in [5, 5.41) is 3.97. The van der Waals surface area contributed by atoms with Crippen LogP contribution in [-0.2, 0) is 0 Å². The summed E-state index contributed by atoms with van der Waals surface area (Å²) < 4.78 is 0. The molecule has 0 aliphatic carbocycles. The number of nitrogens with two attached hydrogens (primary N) is 1. The van der Waals surface area contributed by atoms with Crippen LogP contribution in [0.5, 0.6) is 0 Å². The first-order valence-electron chi connectivity index (χ1n) is 5.36. The van der Waals surface area contributed by atoms with E-state index >= 15 is 0 Å². The van der Waals surface area contributed by atoms with Crippen LogP contribution in [0.3, 0.4) is 0 Å². The van der Waals surface area contributed by atoms with E-state index < -0.39 is 0 Å². The summed E-state index contributed by atoms with van der Waals surface area (Å²) >= 11 is 11.9. The molecule has 94 valence electrons. The molecule has 18 heavy (non-hydrogen) atoms. The van der Waals surface area contributed by atoms with E-state index in [-0.39, 0.29) is 11.9 Å². The number of halogens is 2. The molecule has 0 aliphatic heterocycles. The van der Waals surface area contributed by atoms with E-state index in [1.807, 2.05) is 19.1 Å². The molecule has 0 fully saturated rings. The highest BCUT2D eigenvalue weighted by molar-refractivity contribution is 6.37. The van der Waals surface area contributed by atoms with Crippen molar-refractivity contribution < 1.29 is 0 Å². The lowest BCUT2D eigenvalue weighted by Gasteiger charge is -2.16. The molecule has 0 radical (unpaired) electrons. The van der Waals surface area contributed by atoms with E-state index in [0.717, 1.165) is 5.56 Å². The van der Waals surface area contributed by atoms with E-state index in [0.29, 0.717) is 15.9 Å². The molecule has 6 heteroatoms. The molecule has 1 unspecified atom stereocenters. The Hall–Kier alpha value is -1.52. The Balaban J connectivity index is 2.22. The van der Waals surface area contributed by atoms with Crippen LogP contribution in [0, 0.1) is 0 Å². The van der Waals surface area contributed by atoms with E-state index in [9.17, 15) is 0 Å².